The minimum atomic E-state index is -0.103. The first-order chi connectivity index (χ1) is 7.36. The molecule has 0 aliphatic heterocycles. The summed E-state index contributed by atoms with van der Waals surface area (Å²) in [4.78, 5) is 19.4. The van der Waals surface area contributed by atoms with Crippen molar-refractivity contribution in [3.63, 3.8) is 0 Å². The summed E-state index contributed by atoms with van der Waals surface area (Å²) in [7, 11) is 0. The van der Waals surface area contributed by atoms with E-state index < -0.39 is 0 Å². The maximum atomic E-state index is 11.3. The standard InChI is InChI=1S/C10H10N4O/c15-10-4-1-2-7-14(10)13-8-9-11-5-3-6-12-9/h1-7,13H,8H2. The summed E-state index contributed by atoms with van der Waals surface area (Å²) < 4.78 is 1.40. The summed E-state index contributed by atoms with van der Waals surface area (Å²) in [6.45, 7) is 0.421. The van der Waals surface area contributed by atoms with Gasteiger partial charge in [0.05, 0.1) is 6.54 Å². The van der Waals surface area contributed by atoms with Crippen LogP contribution in [0.2, 0.25) is 0 Å². The third-order valence-corrected chi connectivity index (χ3v) is 1.85. The quantitative estimate of drug-likeness (QED) is 0.781. The third kappa shape index (κ3) is 2.40. The summed E-state index contributed by atoms with van der Waals surface area (Å²) in [5.41, 5.74) is 2.81. The predicted molar refractivity (Wildman–Crippen MR) is 55.8 cm³/mol. The van der Waals surface area contributed by atoms with Gasteiger partial charge < -0.3 is 5.43 Å². The number of hydrogen-bond acceptors (Lipinski definition) is 4. The van der Waals surface area contributed by atoms with E-state index in [1.807, 2.05) is 0 Å². The monoisotopic (exact) mass is 202 g/mol. The lowest BCUT2D eigenvalue weighted by atomic mass is 10.5. The Morgan fingerprint density at radius 3 is 2.73 bits per heavy atom. The molecule has 0 aliphatic rings. The van der Waals surface area contributed by atoms with Crippen molar-refractivity contribution in [3.8, 4) is 0 Å². The molecule has 2 aromatic rings. The first kappa shape index (κ1) is 9.39. The minimum absolute atomic E-state index is 0.103. The summed E-state index contributed by atoms with van der Waals surface area (Å²) in [6.07, 6.45) is 4.99. The van der Waals surface area contributed by atoms with Gasteiger partial charge in [0.15, 0.2) is 0 Å². The molecule has 0 spiro atoms. The fraction of sp³-hybridized carbons (Fsp3) is 0.100. The smallest absolute Gasteiger partial charge is 0.268 e. The van der Waals surface area contributed by atoms with Gasteiger partial charge in [-0.15, -0.1) is 0 Å². The van der Waals surface area contributed by atoms with Gasteiger partial charge in [-0.1, -0.05) is 6.07 Å². The van der Waals surface area contributed by atoms with Crippen LogP contribution in [0.4, 0.5) is 0 Å². The number of nitrogens with one attached hydrogen (secondary N) is 1. The van der Waals surface area contributed by atoms with Crippen molar-refractivity contribution in [3.05, 3.63) is 59.0 Å². The number of hydrogen-bond donors (Lipinski definition) is 1. The van der Waals surface area contributed by atoms with Crippen LogP contribution in [0.25, 0.3) is 0 Å². The van der Waals surface area contributed by atoms with Gasteiger partial charge in [-0.2, -0.15) is 0 Å². The number of aromatic nitrogens is 3. The molecule has 0 fully saturated rings. The van der Waals surface area contributed by atoms with E-state index >= 15 is 0 Å². The second-order valence-corrected chi connectivity index (χ2v) is 2.91. The Balaban J connectivity index is 2.06. The van der Waals surface area contributed by atoms with Crippen LogP contribution >= 0.6 is 0 Å². The molecule has 0 amide bonds. The summed E-state index contributed by atoms with van der Waals surface area (Å²) >= 11 is 0. The lowest BCUT2D eigenvalue weighted by Crippen LogP contribution is -2.27. The predicted octanol–water partition coefficient (Wildman–Crippen LogP) is 0.382. The van der Waals surface area contributed by atoms with Crippen LogP contribution in [0.3, 0.4) is 0 Å². The van der Waals surface area contributed by atoms with Gasteiger partial charge in [0, 0.05) is 24.7 Å². The largest absolute Gasteiger partial charge is 0.316 e. The van der Waals surface area contributed by atoms with Gasteiger partial charge >= 0.3 is 0 Å². The van der Waals surface area contributed by atoms with Crippen LogP contribution in [-0.4, -0.2) is 14.6 Å². The molecule has 0 radical (unpaired) electrons. The molecule has 2 rings (SSSR count). The van der Waals surface area contributed by atoms with Crippen molar-refractivity contribution in [2.24, 2.45) is 0 Å². The first-order valence-electron chi connectivity index (χ1n) is 4.54. The molecule has 1 N–H and O–H groups in total. The fourth-order valence-electron chi connectivity index (χ4n) is 1.14. The van der Waals surface area contributed by atoms with Gasteiger partial charge in [-0.05, 0) is 12.1 Å². The maximum Gasteiger partial charge on any atom is 0.268 e. The molecule has 0 aliphatic carbocycles. The van der Waals surface area contributed by atoms with E-state index in [1.165, 1.54) is 10.7 Å². The molecular weight excluding hydrogens is 192 g/mol. The van der Waals surface area contributed by atoms with E-state index in [0.717, 1.165) is 0 Å². The summed E-state index contributed by atoms with van der Waals surface area (Å²) in [5, 5.41) is 0. The topological polar surface area (TPSA) is 59.8 Å². The van der Waals surface area contributed by atoms with Crippen molar-refractivity contribution in [1.29, 1.82) is 0 Å². The van der Waals surface area contributed by atoms with Crippen LogP contribution in [0, 0.1) is 0 Å². The van der Waals surface area contributed by atoms with Crippen molar-refractivity contribution in [1.82, 2.24) is 14.6 Å². The summed E-state index contributed by atoms with van der Waals surface area (Å²) in [5.74, 6) is 0.647. The molecule has 76 valence electrons. The molecule has 15 heavy (non-hydrogen) atoms. The molecule has 0 atom stereocenters. The van der Waals surface area contributed by atoms with E-state index in [1.54, 1.807) is 36.8 Å². The Hall–Kier alpha value is -2.17. The van der Waals surface area contributed by atoms with E-state index in [0.29, 0.717) is 12.4 Å². The van der Waals surface area contributed by atoms with Crippen molar-refractivity contribution in [2.45, 2.75) is 6.54 Å². The Morgan fingerprint density at radius 1 is 1.20 bits per heavy atom. The van der Waals surface area contributed by atoms with E-state index in [9.17, 15) is 4.79 Å². The average molecular weight is 202 g/mol. The molecular formula is C10H10N4O. The Kier molecular flexibility index (Phi) is 2.73. The zero-order valence-corrected chi connectivity index (χ0v) is 8.00. The molecule has 2 aromatic heterocycles. The first-order valence-corrected chi connectivity index (χ1v) is 4.54. The van der Waals surface area contributed by atoms with E-state index in [2.05, 4.69) is 15.4 Å². The van der Waals surface area contributed by atoms with Crippen LogP contribution < -0.4 is 11.0 Å². The number of pyridine rings is 1. The lowest BCUT2D eigenvalue weighted by molar-refractivity contribution is 0.771. The van der Waals surface area contributed by atoms with E-state index in [4.69, 9.17) is 0 Å². The van der Waals surface area contributed by atoms with E-state index in [-0.39, 0.29) is 5.56 Å². The molecule has 0 unspecified atom stereocenters. The fourth-order valence-corrected chi connectivity index (χ4v) is 1.14. The normalized spacial score (nSPS) is 9.87. The van der Waals surface area contributed by atoms with Crippen molar-refractivity contribution in [2.75, 3.05) is 5.43 Å². The van der Waals surface area contributed by atoms with Gasteiger partial charge in [0.2, 0.25) is 0 Å². The van der Waals surface area contributed by atoms with Crippen LogP contribution in [0.1, 0.15) is 5.82 Å². The molecule has 0 aromatic carbocycles. The highest BCUT2D eigenvalue weighted by atomic mass is 16.1. The maximum absolute atomic E-state index is 11.3. The second-order valence-electron chi connectivity index (χ2n) is 2.91. The minimum Gasteiger partial charge on any atom is -0.316 e. The molecule has 0 saturated carbocycles. The van der Waals surface area contributed by atoms with Crippen LogP contribution in [-0.2, 0) is 6.54 Å². The molecule has 5 nitrogen and oxygen atoms in total. The summed E-state index contributed by atoms with van der Waals surface area (Å²) in [6, 6.07) is 6.71. The molecule has 2 heterocycles. The lowest BCUT2D eigenvalue weighted by Gasteiger charge is -2.06. The van der Waals surface area contributed by atoms with Gasteiger partial charge in [-0.25, -0.2) is 14.6 Å². The second kappa shape index (κ2) is 4.36. The number of rotatable bonds is 3. The molecule has 5 heteroatoms. The Bertz CT molecular complexity index is 480. The highest BCUT2D eigenvalue weighted by Gasteiger charge is 1.95. The third-order valence-electron chi connectivity index (χ3n) is 1.85. The van der Waals surface area contributed by atoms with Gasteiger partial charge in [0.25, 0.3) is 5.56 Å². The van der Waals surface area contributed by atoms with Crippen LogP contribution in [0.5, 0.6) is 0 Å². The molecule has 0 bridgehead atoms. The van der Waals surface area contributed by atoms with Gasteiger partial charge in [0.1, 0.15) is 5.82 Å². The van der Waals surface area contributed by atoms with Crippen LogP contribution in [0.15, 0.2) is 47.7 Å². The average Bonchev–Trinajstić information content (AvgIpc) is 2.29. The number of nitrogens with zero attached hydrogens (tertiary/aromatic N) is 3. The Morgan fingerprint density at radius 2 is 2.00 bits per heavy atom. The Labute approximate surface area is 86.4 Å². The molecule has 0 saturated heterocycles. The van der Waals surface area contributed by atoms with Gasteiger partial charge in [-0.3, -0.25) is 4.79 Å². The highest BCUT2D eigenvalue weighted by Crippen LogP contribution is 1.87. The SMILES string of the molecule is O=c1ccccn1NCc1ncccn1. The highest BCUT2D eigenvalue weighted by molar-refractivity contribution is 4.97. The van der Waals surface area contributed by atoms with Crippen molar-refractivity contribution < 1.29 is 0 Å². The van der Waals surface area contributed by atoms with Crippen molar-refractivity contribution >= 4 is 0 Å². The zero-order chi connectivity index (χ0) is 10.5. The zero-order valence-electron chi connectivity index (χ0n) is 8.00.